The van der Waals surface area contributed by atoms with Crippen molar-refractivity contribution in [3.8, 4) is 0 Å². The van der Waals surface area contributed by atoms with Gasteiger partial charge >= 0.3 is 23.9 Å². The van der Waals surface area contributed by atoms with Gasteiger partial charge in [0.05, 0.1) is 22.2 Å². The average Bonchev–Trinajstić information content (AvgIpc) is 2.49. The summed E-state index contributed by atoms with van der Waals surface area (Å²) in [6, 6.07) is 0. The molecule has 2 unspecified atom stereocenters. The second kappa shape index (κ2) is 8.98. The Bertz CT molecular complexity index is 576. The number of hydrogen-bond acceptors (Lipinski definition) is 6. The summed E-state index contributed by atoms with van der Waals surface area (Å²) in [5, 5.41) is 0. The van der Waals surface area contributed by atoms with Crippen LogP contribution in [-0.2, 0) is 28.7 Å². The Labute approximate surface area is 163 Å². The normalized spacial score (nSPS) is 15.7. The molecular formula is C21H36O6. The summed E-state index contributed by atoms with van der Waals surface area (Å²) >= 11 is 0. The standard InChI is InChI=1S/C21H36O6/c1-11-14(15(22)26-16(23)19(5,6)7)21(12-2,13(3)4)18(25)27-17(24)20(8,9)10/h13-14H,11-12H2,1-10H3. The summed E-state index contributed by atoms with van der Waals surface area (Å²) in [6.45, 7) is 17.0. The molecule has 0 amide bonds. The van der Waals surface area contributed by atoms with Crippen molar-refractivity contribution in [1.29, 1.82) is 0 Å². The van der Waals surface area contributed by atoms with Crippen LogP contribution in [-0.4, -0.2) is 23.9 Å². The molecule has 2 atom stereocenters. The molecule has 0 fully saturated rings. The van der Waals surface area contributed by atoms with E-state index in [0.717, 1.165) is 0 Å². The quantitative estimate of drug-likeness (QED) is 0.501. The lowest BCUT2D eigenvalue weighted by atomic mass is 9.64. The third-order valence-electron chi connectivity index (χ3n) is 4.91. The van der Waals surface area contributed by atoms with E-state index in [-0.39, 0.29) is 18.8 Å². The van der Waals surface area contributed by atoms with Gasteiger partial charge in [-0.25, -0.2) is 0 Å². The van der Waals surface area contributed by atoms with Crippen molar-refractivity contribution in [1.82, 2.24) is 0 Å². The van der Waals surface area contributed by atoms with Crippen LogP contribution in [0.2, 0.25) is 0 Å². The molecule has 0 heterocycles. The van der Waals surface area contributed by atoms with Gasteiger partial charge in [0.25, 0.3) is 0 Å². The predicted molar refractivity (Wildman–Crippen MR) is 102 cm³/mol. The molecular weight excluding hydrogens is 348 g/mol. The first-order chi connectivity index (χ1) is 12.0. The van der Waals surface area contributed by atoms with Crippen molar-refractivity contribution in [2.75, 3.05) is 0 Å². The molecule has 0 N–H and O–H groups in total. The minimum atomic E-state index is -1.26. The van der Waals surface area contributed by atoms with Crippen LogP contribution in [0.15, 0.2) is 0 Å². The molecule has 0 aromatic rings. The lowest BCUT2D eigenvalue weighted by Crippen LogP contribution is -2.49. The Balaban J connectivity index is 5.93. The van der Waals surface area contributed by atoms with Crippen molar-refractivity contribution < 1.29 is 28.7 Å². The van der Waals surface area contributed by atoms with Crippen LogP contribution >= 0.6 is 0 Å². The first-order valence-electron chi connectivity index (χ1n) is 9.58. The summed E-state index contributed by atoms with van der Waals surface area (Å²) in [6.07, 6.45) is 0.555. The zero-order chi connectivity index (χ0) is 21.8. The zero-order valence-electron chi connectivity index (χ0n) is 18.5. The van der Waals surface area contributed by atoms with Gasteiger partial charge in [0.15, 0.2) is 0 Å². The van der Waals surface area contributed by atoms with E-state index < -0.39 is 46.0 Å². The second-order valence-corrected chi connectivity index (χ2v) is 9.39. The van der Waals surface area contributed by atoms with Gasteiger partial charge in [-0.1, -0.05) is 27.7 Å². The van der Waals surface area contributed by atoms with E-state index in [2.05, 4.69) is 0 Å². The van der Waals surface area contributed by atoms with Crippen LogP contribution in [0.5, 0.6) is 0 Å². The van der Waals surface area contributed by atoms with E-state index in [1.54, 1.807) is 69.2 Å². The van der Waals surface area contributed by atoms with Gasteiger partial charge in [0.2, 0.25) is 0 Å². The maximum absolute atomic E-state index is 13.0. The highest BCUT2D eigenvalue weighted by atomic mass is 16.6. The molecule has 0 bridgehead atoms. The number of carbonyl (C=O) groups is 4. The fourth-order valence-corrected chi connectivity index (χ4v) is 2.97. The SMILES string of the molecule is CCC(C(=O)OC(=O)C(C)(C)C)C(CC)(C(=O)OC(=O)C(C)(C)C)C(C)C. The van der Waals surface area contributed by atoms with Gasteiger partial charge in [-0.2, -0.15) is 0 Å². The van der Waals surface area contributed by atoms with Crippen LogP contribution in [0.3, 0.4) is 0 Å². The first kappa shape index (κ1) is 25.3. The van der Waals surface area contributed by atoms with Crippen molar-refractivity contribution in [3.63, 3.8) is 0 Å². The van der Waals surface area contributed by atoms with Gasteiger partial charge in [-0.05, 0) is 60.3 Å². The summed E-state index contributed by atoms with van der Waals surface area (Å²) < 4.78 is 10.2. The van der Waals surface area contributed by atoms with Gasteiger partial charge in [-0.15, -0.1) is 0 Å². The topological polar surface area (TPSA) is 86.7 Å². The van der Waals surface area contributed by atoms with E-state index in [4.69, 9.17) is 9.47 Å². The number of hydrogen-bond donors (Lipinski definition) is 0. The fraction of sp³-hybridized carbons (Fsp3) is 0.810. The molecule has 0 rings (SSSR count). The van der Waals surface area contributed by atoms with Gasteiger partial charge in [0, 0.05) is 0 Å². The van der Waals surface area contributed by atoms with Crippen molar-refractivity contribution in [2.24, 2.45) is 28.1 Å². The van der Waals surface area contributed by atoms with Crippen molar-refractivity contribution >= 4 is 23.9 Å². The Hall–Kier alpha value is -1.72. The molecule has 0 aliphatic rings. The molecule has 0 aromatic carbocycles. The lowest BCUT2D eigenvalue weighted by molar-refractivity contribution is -0.186. The highest BCUT2D eigenvalue weighted by Gasteiger charge is 2.53. The number of esters is 4. The predicted octanol–water partition coefficient (Wildman–Crippen LogP) is 4.30. The molecule has 0 aliphatic heterocycles. The Morgan fingerprint density at radius 1 is 0.741 bits per heavy atom. The highest BCUT2D eigenvalue weighted by molar-refractivity contribution is 5.96. The molecule has 0 aliphatic carbocycles. The fourth-order valence-electron chi connectivity index (χ4n) is 2.97. The van der Waals surface area contributed by atoms with Crippen LogP contribution < -0.4 is 0 Å². The summed E-state index contributed by atoms with van der Waals surface area (Å²) in [4.78, 5) is 50.2. The molecule has 0 saturated heterocycles. The van der Waals surface area contributed by atoms with Crippen LogP contribution in [0, 0.1) is 28.1 Å². The van der Waals surface area contributed by atoms with Crippen LogP contribution in [0.1, 0.15) is 82.1 Å². The van der Waals surface area contributed by atoms with E-state index in [1.807, 2.05) is 0 Å². The lowest BCUT2D eigenvalue weighted by Gasteiger charge is -2.39. The maximum Gasteiger partial charge on any atom is 0.320 e. The van der Waals surface area contributed by atoms with E-state index >= 15 is 0 Å². The van der Waals surface area contributed by atoms with Crippen molar-refractivity contribution in [3.05, 3.63) is 0 Å². The minimum absolute atomic E-state index is 0.276. The molecule has 27 heavy (non-hydrogen) atoms. The third kappa shape index (κ3) is 5.88. The van der Waals surface area contributed by atoms with E-state index in [0.29, 0.717) is 0 Å². The number of rotatable bonds is 6. The average molecular weight is 385 g/mol. The van der Waals surface area contributed by atoms with E-state index in [9.17, 15) is 19.2 Å². The van der Waals surface area contributed by atoms with Crippen molar-refractivity contribution in [2.45, 2.75) is 82.1 Å². The monoisotopic (exact) mass is 384 g/mol. The molecule has 0 radical (unpaired) electrons. The second-order valence-electron chi connectivity index (χ2n) is 9.39. The smallest absolute Gasteiger partial charge is 0.320 e. The zero-order valence-corrected chi connectivity index (χ0v) is 18.5. The highest BCUT2D eigenvalue weighted by Crippen LogP contribution is 2.44. The van der Waals surface area contributed by atoms with Gasteiger partial charge in [-0.3, -0.25) is 19.2 Å². The summed E-state index contributed by atoms with van der Waals surface area (Å²) in [7, 11) is 0. The Kier molecular flexibility index (Phi) is 8.41. The minimum Gasteiger partial charge on any atom is -0.393 e. The number of carbonyl (C=O) groups excluding carboxylic acids is 4. The molecule has 156 valence electrons. The van der Waals surface area contributed by atoms with Gasteiger partial charge in [0.1, 0.15) is 0 Å². The Morgan fingerprint density at radius 3 is 1.44 bits per heavy atom. The van der Waals surface area contributed by atoms with Crippen LogP contribution in [0.25, 0.3) is 0 Å². The molecule has 0 spiro atoms. The van der Waals surface area contributed by atoms with Gasteiger partial charge < -0.3 is 9.47 Å². The Morgan fingerprint density at radius 2 is 1.15 bits per heavy atom. The first-order valence-corrected chi connectivity index (χ1v) is 9.58. The molecule has 0 saturated carbocycles. The molecule has 0 aromatic heterocycles. The molecule has 6 heteroatoms. The third-order valence-corrected chi connectivity index (χ3v) is 4.91. The number of ether oxygens (including phenoxy) is 2. The summed E-state index contributed by atoms with van der Waals surface area (Å²) in [5.74, 6) is -4.00. The summed E-state index contributed by atoms with van der Waals surface area (Å²) in [5.41, 5.74) is -2.95. The largest absolute Gasteiger partial charge is 0.393 e. The van der Waals surface area contributed by atoms with E-state index in [1.165, 1.54) is 0 Å². The molecule has 6 nitrogen and oxygen atoms in total. The maximum atomic E-state index is 13.0. The van der Waals surface area contributed by atoms with Crippen LogP contribution in [0.4, 0.5) is 0 Å².